The molecule has 2 atom stereocenters. The molecule has 100 valence electrons. The number of nitrogens with zero attached hydrogens (tertiary/aromatic N) is 1. The third-order valence-corrected chi connectivity index (χ3v) is 4.81. The quantitative estimate of drug-likeness (QED) is 0.819. The lowest BCUT2D eigenvalue weighted by Gasteiger charge is -2.38. The summed E-state index contributed by atoms with van der Waals surface area (Å²) >= 11 is 0. The van der Waals surface area contributed by atoms with E-state index in [-0.39, 0.29) is 0 Å². The van der Waals surface area contributed by atoms with Crippen LogP contribution in [0.3, 0.4) is 0 Å². The highest BCUT2D eigenvalue weighted by Crippen LogP contribution is 2.33. The Hall–Kier alpha value is -0.0800. The standard InChI is InChI=1S/C15H30N2/c1-11(2)10-15-14(16)8-9-17(15)13-6-4-12(3)5-7-13/h11-15H,4-10,16H2,1-3H3. The Morgan fingerprint density at radius 2 is 1.76 bits per heavy atom. The first-order valence-corrected chi connectivity index (χ1v) is 7.59. The van der Waals surface area contributed by atoms with Gasteiger partial charge in [0.25, 0.3) is 0 Å². The van der Waals surface area contributed by atoms with Crippen LogP contribution in [0.5, 0.6) is 0 Å². The maximum atomic E-state index is 6.31. The lowest BCUT2D eigenvalue weighted by atomic mass is 9.85. The van der Waals surface area contributed by atoms with E-state index >= 15 is 0 Å². The van der Waals surface area contributed by atoms with Crippen LogP contribution in [0.25, 0.3) is 0 Å². The van der Waals surface area contributed by atoms with Crippen molar-refractivity contribution in [1.82, 2.24) is 4.90 Å². The minimum Gasteiger partial charge on any atom is -0.326 e. The van der Waals surface area contributed by atoms with Gasteiger partial charge in [0.15, 0.2) is 0 Å². The fraction of sp³-hybridized carbons (Fsp3) is 1.00. The molecule has 2 rings (SSSR count). The van der Waals surface area contributed by atoms with Gasteiger partial charge in [-0.15, -0.1) is 0 Å². The van der Waals surface area contributed by atoms with Crippen molar-refractivity contribution in [3.63, 3.8) is 0 Å². The van der Waals surface area contributed by atoms with Crippen LogP contribution in [0.2, 0.25) is 0 Å². The van der Waals surface area contributed by atoms with Gasteiger partial charge in [0.05, 0.1) is 0 Å². The number of hydrogen-bond acceptors (Lipinski definition) is 2. The van der Waals surface area contributed by atoms with E-state index in [0.29, 0.717) is 12.1 Å². The molecule has 2 heteroatoms. The fourth-order valence-electron chi connectivity index (χ4n) is 3.72. The predicted octanol–water partition coefficient (Wildman–Crippen LogP) is 3.01. The van der Waals surface area contributed by atoms with E-state index in [0.717, 1.165) is 17.9 Å². The highest BCUT2D eigenvalue weighted by Gasteiger charge is 2.37. The summed E-state index contributed by atoms with van der Waals surface area (Å²) in [5.74, 6) is 1.72. The fourth-order valence-corrected chi connectivity index (χ4v) is 3.72. The summed E-state index contributed by atoms with van der Waals surface area (Å²) in [6.07, 6.45) is 8.15. The highest BCUT2D eigenvalue weighted by molar-refractivity contribution is 4.94. The summed E-state index contributed by atoms with van der Waals surface area (Å²) < 4.78 is 0. The van der Waals surface area contributed by atoms with Crippen LogP contribution in [0, 0.1) is 11.8 Å². The zero-order valence-electron chi connectivity index (χ0n) is 11.9. The monoisotopic (exact) mass is 238 g/mol. The van der Waals surface area contributed by atoms with Crippen LogP contribution < -0.4 is 5.73 Å². The lowest BCUT2D eigenvalue weighted by molar-refractivity contribution is 0.112. The minimum atomic E-state index is 0.428. The van der Waals surface area contributed by atoms with Crippen LogP contribution >= 0.6 is 0 Å². The van der Waals surface area contributed by atoms with Gasteiger partial charge in [0.1, 0.15) is 0 Å². The average molecular weight is 238 g/mol. The van der Waals surface area contributed by atoms with Crippen molar-refractivity contribution >= 4 is 0 Å². The van der Waals surface area contributed by atoms with Gasteiger partial charge in [-0.3, -0.25) is 4.90 Å². The van der Waals surface area contributed by atoms with E-state index in [4.69, 9.17) is 5.73 Å². The van der Waals surface area contributed by atoms with E-state index in [1.165, 1.54) is 45.1 Å². The smallest absolute Gasteiger partial charge is 0.0253 e. The van der Waals surface area contributed by atoms with Crippen molar-refractivity contribution in [1.29, 1.82) is 0 Å². The Labute approximate surface area is 107 Å². The summed E-state index contributed by atoms with van der Waals surface area (Å²) in [5, 5.41) is 0. The van der Waals surface area contributed by atoms with Crippen molar-refractivity contribution < 1.29 is 0 Å². The SMILES string of the molecule is CC(C)CC1C(N)CCN1C1CCC(C)CC1. The van der Waals surface area contributed by atoms with Crippen molar-refractivity contribution in [2.24, 2.45) is 17.6 Å². The van der Waals surface area contributed by atoms with Crippen molar-refractivity contribution in [2.45, 2.75) is 77.4 Å². The molecule has 1 saturated carbocycles. The molecule has 1 aliphatic carbocycles. The normalized spacial score (nSPS) is 40.1. The Kier molecular flexibility index (Phi) is 4.48. The van der Waals surface area contributed by atoms with Gasteiger partial charge >= 0.3 is 0 Å². The summed E-state index contributed by atoms with van der Waals surface area (Å²) in [5.41, 5.74) is 6.31. The molecular formula is C15H30N2. The second-order valence-electron chi connectivity index (χ2n) is 6.80. The molecule has 0 aromatic rings. The van der Waals surface area contributed by atoms with Crippen LogP contribution in [0.4, 0.5) is 0 Å². The molecule has 2 nitrogen and oxygen atoms in total. The number of hydrogen-bond donors (Lipinski definition) is 1. The van der Waals surface area contributed by atoms with E-state index in [2.05, 4.69) is 25.7 Å². The molecule has 17 heavy (non-hydrogen) atoms. The van der Waals surface area contributed by atoms with E-state index in [1.807, 2.05) is 0 Å². The molecule has 0 aromatic heterocycles. The molecule has 0 bridgehead atoms. The average Bonchev–Trinajstić information content (AvgIpc) is 2.61. The summed E-state index contributed by atoms with van der Waals surface area (Å²) in [6.45, 7) is 8.30. The summed E-state index contributed by atoms with van der Waals surface area (Å²) in [6, 6.07) is 1.92. The number of rotatable bonds is 3. The first kappa shape index (κ1) is 13.4. The number of likely N-dealkylation sites (tertiary alicyclic amines) is 1. The molecule has 2 fully saturated rings. The van der Waals surface area contributed by atoms with E-state index in [9.17, 15) is 0 Å². The Balaban J connectivity index is 1.94. The molecule has 0 aromatic carbocycles. The molecule has 0 amide bonds. The number of nitrogens with two attached hydrogens (primary N) is 1. The van der Waals surface area contributed by atoms with E-state index in [1.54, 1.807) is 0 Å². The Bertz CT molecular complexity index is 231. The van der Waals surface area contributed by atoms with Gasteiger partial charge in [0.2, 0.25) is 0 Å². The molecule has 0 radical (unpaired) electrons. The van der Waals surface area contributed by atoms with E-state index < -0.39 is 0 Å². The third-order valence-electron chi connectivity index (χ3n) is 4.81. The van der Waals surface area contributed by atoms with Gasteiger partial charge < -0.3 is 5.73 Å². The van der Waals surface area contributed by atoms with Gasteiger partial charge in [-0.2, -0.15) is 0 Å². The van der Waals surface area contributed by atoms with Gasteiger partial charge in [-0.25, -0.2) is 0 Å². The van der Waals surface area contributed by atoms with Gasteiger partial charge in [0, 0.05) is 24.7 Å². The molecule has 2 N–H and O–H groups in total. The molecule has 1 saturated heterocycles. The highest BCUT2D eigenvalue weighted by atomic mass is 15.2. The molecule has 1 aliphatic heterocycles. The predicted molar refractivity (Wildman–Crippen MR) is 74.0 cm³/mol. The second-order valence-corrected chi connectivity index (χ2v) is 6.80. The Morgan fingerprint density at radius 3 is 2.35 bits per heavy atom. The van der Waals surface area contributed by atoms with Crippen LogP contribution in [0.15, 0.2) is 0 Å². The van der Waals surface area contributed by atoms with Crippen LogP contribution in [0.1, 0.15) is 59.3 Å². The summed E-state index contributed by atoms with van der Waals surface area (Å²) in [7, 11) is 0. The first-order valence-electron chi connectivity index (χ1n) is 7.59. The largest absolute Gasteiger partial charge is 0.326 e. The maximum absolute atomic E-state index is 6.31. The zero-order valence-corrected chi connectivity index (χ0v) is 11.9. The lowest BCUT2D eigenvalue weighted by Crippen LogP contribution is -2.46. The third kappa shape index (κ3) is 3.23. The zero-order chi connectivity index (χ0) is 12.4. The van der Waals surface area contributed by atoms with Gasteiger partial charge in [-0.1, -0.05) is 20.8 Å². The van der Waals surface area contributed by atoms with Crippen LogP contribution in [-0.4, -0.2) is 29.6 Å². The molecular weight excluding hydrogens is 208 g/mol. The van der Waals surface area contributed by atoms with Gasteiger partial charge in [-0.05, 0) is 50.4 Å². The minimum absolute atomic E-state index is 0.428. The van der Waals surface area contributed by atoms with Crippen molar-refractivity contribution in [3.05, 3.63) is 0 Å². The molecule has 2 aliphatic rings. The summed E-state index contributed by atoms with van der Waals surface area (Å²) in [4.78, 5) is 2.76. The topological polar surface area (TPSA) is 29.3 Å². The van der Waals surface area contributed by atoms with Crippen LogP contribution in [-0.2, 0) is 0 Å². The second kappa shape index (κ2) is 5.71. The van der Waals surface area contributed by atoms with Crippen molar-refractivity contribution in [3.8, 4) is 0 Å². The molecule has 0 spiro atoms. The molecule has 2 unspecified atom stereocenters. The maximum Gasteiger partial charge on any atom is 0.0253 e. The van der Waals surface area contributed by atoms with Crippen molar-refractivity contribution in [2.75, 3.05) is 6.54 Å². The first-order chi connectivity index (χ1) is 8.08. The molecule has 1 heterocycles. The Morgan fingerprint density at radius 1 is 1.12 bits per heavy atom.